The molecule has 6 nitrogen and oxygen atoms in total. The van der Waals surface area contributed by atoms with Gasteiger partial charge < -0.3 is 16.0 Å². The topological polar surface area (TPSA) is 87.3 Å². The molecule has 0 fully saturated rings. The van der Waals surface area contributed by atoms with Gasteiger partial charge in [0.25, 0.3) is 11.8 Å². The van der Waals surface area contributed by atoms with Crippen molar-refractivity contribution in [2.45, 2.75) is 33.2 Å². The maximum absolute atomic E-state index is 12.4. The summed E-state index contributed by atoms with van der Waals surface area (Å²) in [5.74, 6) is -0.394. The van der Waals surface area contributed by atoms with Crippen molar-refractivity contribution in [3.63, 3.8) is 0 Å². The molecule has 0 aliphatic carbocycles. The summed E-state index contributed by atoms with van der Waals surface area (Å²) in [6, 6.07) is 15.4. The van der Waals surface area contributed by atoms with Crippen LogP contribution in [0, 0.1) is 5.92 Å². The summed E-state index contributed by atoms with van der Waals surface area (Å²) in [5, 5.41) is 8.43. The lowest BCUT2D eigenvalue weighted by Gasteiger charge is -2.15. The molecule has 0 aliphatic heterocycles. The van der Waals surface area contributed by atoms with Gasteiger partial charge in [0.1, 0.15) is 0 Å². The van der Waals surface area contributed by atoms with Crippen molar-refractivity contribution in [3.05, 3.63) is 65.7 Å². The van der Waals surface area contributed by atoms with Gasteiger partial charge >= 0.3 is 0 Å². The number of carbonyl (C=O) groups is 3. The van der Waals surface area contributed by atoms with Crippen LogP contribution in [0.5, 0.6) is 0 Å². The van der Waals surface area contributed by atoms with Crippen molar-refractivity contribution >= 4 is 23.4 Å². The molecule has 0 bridgehead atoms. The predicted octanol–water partition coefficient (Wildman–Crippen LogP) is 3.22. The molecule has 0 heterocycles. The van der Waals surface area contributed by atoms with Crippen LogP contribution < -0.4 is 16.0 Å². The lowest BCUT2D eigenvalue weighted by Crippen LogP contribution is -2.35. The van der Waals surface area contributed by atoms with Gasteiger partial charge in [-0.1, -0.05) is 44.2 Å². The van der Waals surface area contributed by atoms with Crippen LogP contribution in [-0.4, -0.2) is 30.3 Å². The Bertz CT molecular complexity index is 819. The van der Waals surface area contributed by atoms with E-state index < -0.39 is 0 Å². The molecule has 28 heavy (non-hydrogen) atoms. The van der Waals surface area contributed by atoms with E-state index in [9.17, 15) is 14.4 Å². The fraction of sp³-hybridized carbons (Fsp3) is 0.318. The molecular weight excluding hydrogens is 354 g/mol. The monoisotopic (exact) mass is 381 g/mol. The molecule has 148 valence electrons. The summed E-state index contributed by atoms with van der Waals surface area (Å²) in [7, 11) is 0. The van der Waals surface area contributed by atoms with Gasteiger partial charge in [0.2, 0.25) is 5.91 Å². The number of hydrogen-bond acceptors (Lipinski definition) is 3. The Hall–Kier alpha value is -3.15. The van der Waals surface area contributed by atoms with Gasteiger partial charge in [-0.3, -0.25) is 14.4 Å². The second-order valence-electron chi connectivity index (χ2n) is 7.14. The predicted molar refractivity (Wildman–Crippen MR) is 110 cm³/mol. The Morgan fingerprint density at radius 2 is 1.50 bits per heavy atom. The SMILES string of the molecule is CC(C)CNC(=O)c1ccccc1NC(=O)CC(C)NC(=O)c1ccccc1. The first-order valence-corrected chi connectivity index (χ1v) is 9.39. The molecule has 2 aromatic rings. The fourth-order valence-electron chi connectivity index (χ4n) is 2.61. The Balaban J connectivity index is 1.94. The second-order valence-corrected chi connectivity index (χ2v) is 7.14. The van der Waals surface area contributed by atoms with Crippen LogP contribution in [0.25, 0.3) is 0 Å². The van der Waals surface area contributed by atoms with E-state index in [-0.39, 0.29) is 30.2 Å². The zero-order valence-corrected chi connectivity index (χ0v) is 16.5. The van der Waals surface area contributed by atoms with E-state index in [4.69, 9.17) is 0 Å². The van der Waals surface area contributed by atoms with Gasteiger partial charge in [-0.05, 0) is 37.1 Å². The molecule has 0 saturated carbocycles. The molecule has 6 heteroatoms. The highest BCUT2D eigenvalue weighted by Crippen LogP contribution is 2.15. The van der Waals surface area contributed by atoms with Gasteiger partial charge in [0.15, 0.2) is 0 Å². The Labute approximate surface area is 165 Å². The van der Waals surface area contributed by atoms with Crippen LogP contribution in [0.4, 0.5) is 5.69 Å². The third-order valence-electron chi connectivity index (χ3n) is 4.02. The molecule has 0 saturated heterocycles. The number of benzene rings is 2. The molecule has 0 spiro atoms. The summed E-state index contributed by atoms with van der Waals surface area (Å²) in [4.78, 5) is 36.9. The molecule has 0 radical (unpaired) electrons. The quantitative estimate of drug-likeness (QED) is 0.656. The van der Waals surface area contributed by atoms with E-state index in [2.05, 4.69) is 16.0 Å². The number of nitrogens with one attached hydrogen (secondary N) is 3. The van der Waals surface area contributed by atoms with Crippen LogP contribution >= 0.6 is 0 Å². The number of hydrogen-bond donors (Lipinski definition) is 3. The van der Waals surface area contributed by atoms with Gasteiger partial charge in [-0.25, -0.2) is 0 Å². The zero-order chi connectivity index (χ0) is 20.5. The van der Waals surface area contributed by atoms with Gasteiger partial charge in [0.05, 0.1) is 11.3 Å². The first-order chi connectivity index (χ1) is 13.4. The van der Waals surface area contributed by atoms with E-state index >= 15 is 0 Å². The normalized spacial score (nSPS) is 11.6. The second kappa shape index (κ2) is 10.3. The lowest BCUT2D eigenvalue weighted by molar-refractivity contribution is -0.116. The van der Waals surface area contributed by atoms with E-state index in [1.54, 1.807) is 55.5 Å². The maximum atomic E-state index is 12.4. The molecular formula is C22H27N3O3. The lowest BCUT2D eigenvalue weighted by atomic mass is 10.1. The third kappa shape index (κ3) is 6.54. The minimum atomic E-state index is -0.352. The molecule has 2 aromatic carbocycles. The summed E-state index contributed by atoms with van der Waals surface area (Å²) in [6.45, 7) is 6.35. The van der Waals surface area contributed by atoms with Gasteiger partial charge in [-0.2, -0.15) is 0 Å². The summed E-state index contributed by atoms with van der Waals surface area (Å²) < 4.78 is 0. The Morgan fingerprint density at radius 1 is 0.857 bits per heavy atom. The number of anilines is 1. The van der Waals surface area contributed by atoms with Crippen molar-refractivity contribution in [1.82, 2.24) is 10.6 Å². The molecule has 2 rings (SSSR count). The van der Waals surface area contributed by atoms with Crippen molar-refractivity contribution < 1.29 is 14.4 Å². The van der Waals surface area contributed by atoms with Crippen molar-refractivity contribution in [1.29, 1.82) is 0 Å². The molecule has 1 unspecified atom stereocenters. The van der Waals surface area contributed by atoms with E-state index in [1.807, 2.05) is 19.9 Å². The average Bonchev–Trinajstić information content (AvgIpc) is 2.67. The van der Waals surface area contributed by atoms with Gasteiger partial charge in [-0.15, -0.1) is 0 Å². The van der Waals surface area contributed by atoms with Crippen molar-refractivity contribution in [3.8, 4) is 0 Å². The van der Waals surface area contributed by atoms with E-state index in [0.717, 1.165) is 0 Å². The summed E-state index contributed by atoms with van der Waals surface area (Å²) in [6.07, 6.45) is 0.0977. The third-order valence-corrected chi connectivity index (χ3v) is 4.02. The number of para-hydroxylation sites is 1. The van der Waals surface area contributed by atoms with Crippen LogP contribution in [-0.2, 0) is 4.79 Å². The Kier molecular flexibility index (Phi) is 7.75. The van der Waals surface area contributed by atoms with Crippen LogP contribution in [0.15, 0.2) is 54.6 Å². The minimum Gasteiger partial charge on any atom is -0.352 e. The largest absolute Gasteiger partial charge is 0.352 e. The highest BCUT2D eigenvalue weighted by atomic mass is 16.2. The van der Waals surface area contributed by atoms with Crippen LogP contribution in [0.3, 0.4) is 0 Å². The standard InChI is InChI=1S/C22H27N3O3/c1-15(2)14-23-22(28)18-11-7-8-12-19(18)25-20(26)13-16(3)24-21(27)17-9-5-4-6-10-17/h4-12,15-16H,13-14H2,1-3H3,(H,23,28)(H,24,27)(H,25,26). The van der Waals surface area contributed by atoms with Crippen molar-refractivity contribution in [2.75, 3.05) is 11.9 Å². The van der Waals surface area contributed by atoms with Crippen molar-refractivity contribution in [2.24, 2.45) is 5.92 Å². The molecule has 0 aliphatic rings. The highest BCUT2D eigenvalue weighted by Gasteiger charge is 2.16. The Morgan fingerprint density at radius 3 is 2.18 bits per heavy atom. The first kappa shape index (κ1) is 21.2. The fourth-order valence-corrected chi connectivity index (χ4v) is 2.61. The molecule has 0 aromatic heterocycles. The molecule has 1 atom stereocenters. The maximum Gasteiger partial charge on any atom is 0.253 e. The van der Waals surface area contributed by atoms with Crippen LogP contribution in [0.2, 0.25) is 0 Å². The average molecular weight is 381 g/mol. The number of amides is 3. The number of rotatable bonds is 8. The van der Waals surface area contributed by atoms with Gasteiger partial charge in [0, 0.05) is 24.6 Å². The summed E-state index contributed by atoms with van der Waals surface area (Å²) in [5.41, 5.74) is 1.41. The first-order valence-electron chi connectivity index (χ1n) is 9.39. The summed E-state index contributed by atoms with van der Waals surface area (Å²) >= 11 is 0. The van der Waals surface area contributed by atoms with E-state index in [1.165, 1.54) is 0 Å². The highest BCUT2D eigenvalue weighted by molar-refractivity contribution is 6.04. The zero-order valence-electron chi connectivity index (χ0n) is 16.5. The number of carbonyl (C=O) groups excluding carboxylic acids is 3. The van der Waals surface area contributed by atoms with Crippen LogP contribution in [0.1, 0.15) is 47.9 Å². The van der Waals surface area contributed by atoms with E-state index in [0.29, 0.717) is 29.3 Å². The smallest absolute Gasteiger partial charge is 0.253 e. The molecule has 3 amide bonds. The molecule has 3 N–H and O–H groups in total. The minimum absolute atomic E-state index is 0.0977.